The smallest absolute Gasteiger partial charge is 0.326 e. The van der Waals surface area contributed by atoms with Gasteiger partial charge in [-0.25, -0.2) is 9.78 Å². The van der Waals surface area contributed by atoms with Crippen molar-refractivity contribution in [2.75, 3.05) is 13.1 Å². The average Bonchev–Trinajstić information content (AvgIpc) is 3.23. The zero-order chi connectivity index (χ0) is 23.9. The molecule has 2 aliphatic rings. The molecule has 0 radical (unpaired) electrons. The second kappa shape index (κ2) is 8.78. The Balaban J connectivity index is 1.40. The van der Waals surface area contributed by atoms with Crippen LogP contribution < -0.4 is 27.0 Å². The van der Waals surface area contributed by atoms with Gasteiger partial charge in [0.05, 0.1) is 22.8 Å². The van der Waals surface area contributed by atoms with E-state index in [0.717, 1.165) is 44.3 Å². The molecular weight excluding hydrogens is 468 g/mol. The van der Waals surface area contributed by atoms with E-state index in [2.05, 4.69) is 25.7 Å². The Bertz CT molecular complexity index is 1590. The van der Waals surface area contributed by atoms with Crippen LogP contribution in [0.15, 0.2) is 33.5 Å². The predicted molar refractivity (Wildman–Crippen MR) is 130 cm³/mol. The van der Waals surface area contributed by atoms with Crippen molar-refractivity contribution in [2.24, 2.45) is 4.99 Å². The van der Waals surface area contributed by atoms with Gasteiger partial charge >= 0.3 is 5.69 Å². The van der Waals surface area contributed by atoms with E-state index >= 15 is 0 Å². The fourth-order valence-corrected chi connectivity index (χ4v) is 4.96. The summed E-state index contributed by atoms with van der Waals surface area (Å²) >= 11 is 1.39. The Kier molecular flexibility index (Phi) is 5.46. The maximum atomic E-state index is 12.8. The number of carbonyl (C=O) groups is 1. The van der Waals surface area contributed by atoms with E-state index in [-0.39, 0.29) is 29.6 Å². The van der Waals surface area contributed by atoms with Crippen molar-refractivity contribution in [2.45, 2.75) is 37.8 Å². The van der Waals surface area contributed by atoms with Crippen molar-refractivity contribution in [3.63, 3.8) is 0 Å². The minimum atomic E-state index is -0.503. The van der Waals surface area contributed by atoms with Crippen molar-refractivity contribution in [3.05, 3.63) is 55.5 Å². The molecule has 1 aliphatic heterocycles. The Morgan fingerprint density at radius 1 is 1.23 bits per heavy atom. The van der Waals surface area contributed by atoms with Gasteiger partial charge in [0.25, 0.3) is 5.91 Å². The molecule has 1 saturated carbocycles. The van der Waals surface area contributed by atoms with Crippen LogP contribution in [0.25, 0.3) is 23.0 Å². The highest BCUT2D eigenvalue weighted by atomic mass is 32.1. The second-order valence-corrected chi connectivity index (χ2v) is 9.79. The number of nitrogens with zero attached hydrogens (tertiary/aromatic N) is 4. The summed E-state index contributed by atoms with van der Waals surface area (Å²) in [7, 11) is 0. The first kappa shape index (κ1) is 21.7. The van der Waals surface area contributed by atoms with Crippen molar-refractivity contribution in [3.8, 4) is 17.1 Å². The van der Waals surface area contributed by atoms with Crippen molar-refractivity contribution >= 4 is 29.0 Å². The summed E-state index contributed by atoms with van der Waals surface area (Å²) in [6, 6.07) is 4.20. The Morgan fingerprint density at radius 2 is 2.06 bits per heavy atom. The number of piperidine rings is 1. The topological polar surface area (TPSA) is 153 Å². The fraction of sp³-hybridized carbons (Fsp3) is 0.348. The van der Waals surface area contributed by atoms with Crippen LogP contribution in [0.2, 0.25) is 0 Å². The lowest BCUT2D eigenvalue weighted by atomic mass is 10.1. The molecule has 1 aliphatic carbocycles. The summed E-state index contributed by atoms with van der Waals surface area (Å²) in [5.41, 5.74) is 2.45. The summed E-state index contributed by atoms with van der Waals surface area (Å²) in [6.07, 6.45) is 7.16. The predicted octanol–water partition coefficient (Wildman–Crippen LogP) is 0.272. The summed E-state index contributed by atoms with van der Waals surface area (Å²) < 4.78 is 1.66. The monoisotopic (exact) mass is 492 g/mol. The molecule has 5 heterocycles. The molecule has 4 aromatic heterocycles. The van der Waals surface area contributed by atoms with Gasteiger partial charge in [-0.2, -0.15) is 9.61 Å². The lowest BCUT2D eigenvalue weighted by molar-refractivity contribution is 0.0933. The molecule has 12 heteroatoms. The number of hydrogen-bond donors (Lipinski definition) is 5. The van der Waals surface area contributed by atoms with Crippen LogP contribution in [0.4, 0.5) is 0 Å². The lowest BCUT2D eigenvalue weighted by Gasteiger charge is -2.23. The molecule has 1 saturated heterocycles. The van der Waals surface area contributed by atoms with Crippen LogP contribution in [0.3, 0.4) is 0 Å². The van der Waals surface area contributed by atoms with Crippen molar-refractivity contribution in [1.29, 1.82) is 0 Å². The molecule has 4 aromatic rings. The number of aromatic hydroxyl groups is 1. The van der Waals surface area contributed by atoms with Gasteiger partial charge in [0.2, 0.25) is 5.88 Å². The van der Waals surface area contributed by atoms with Gasteiger partial charge < -0.3 is 20.7 Å². The first-order valence-corrected chi connectivity index (χ1v) is 12.5. The number of imidazole rings is 1. The largest absolute Gasteiger partial charge is 0.493 e. The number of aromatic nitrogens is 5. The summed E-state index contributed by atoms with van der Waals surface area (Å²) in [5.74, 6) is -0.321. The molecule has 180 valence electrons. The minimum absolute atomic E-state index is 0.0672. The third-order valence-electron chi connectivity index (χ3n) is 6.17. The number of aromatic amines is 2. The van der Waals surface area contributed by atoms with E-state index in [9.17, 15) is 14.7 Å². The molecule has 0 aromatic carbocycles. The number of hydrogen-bond acceptors (Lipinski definition) is 8. The van der Waals surface area contributed by atoms with Crippen LogP contribution in [0.5, 0.6) is 5.88 Å². The first-order chi connectivity index (χ1) is 17.0. The van der Waals surface area contributed by atoms with Gasteiger partial charge in [0.15, 0.2) is 11.1 Å². The SMILES string of the molecule is O=C(NC1CCNCC1)c1cc(-c2cc(=NC3CC3)n3ncc(=Cc4[nH]c(=O)[nH]c4O)c3n2)cs1. The minimum Gasteiger partial charge on any atom is -0.493 e. The maximum Gasteiger partial charge on any atom is 0.326 e. The fourth-order valence-electron chi connectivity index (χ4n) is 4.16. The third kappa shape index (κ3) is 4.49. The van der Waals surface area contributed by atoms with Crippen molar-refractivity contribution in [1.82, 2.24) is 35.2 Å². The Labute approximate surface area is 202 Å². The second-order valence-electron chi connectivity index (χ2n) is 8.88. The molecule has 1 amide bonds. The van der Waals surface area contributed by atoms with Gasteiger partial charge in [-0.3, -0.25) is 14.8 Å². The maximum absolute atomic E-state index is 12.8. The standard InChI is InChI=1S/C23H24N8O3S/c32-21-17(29-23(34)30-21)7-12-10-25-31-19(26-14-1-2-14)9-16(28-20(12)31)13-8-18(35-11-13)22(33)27-15-3-5-24-6-4-15/h7-11,14-15,24,32H,1-6H2,(H,27,33)(H2,29,30,34). The van der Waals surface area contributed by atoms with Crippen LogP contribution >= 0.6 is 11.3 Å². The zero-order valence-electron chi connectivity index (χ0n) is 18.7. The number of carbonyl (C=O) groups excluding carboxylic acids is 1. The van der Waals surface area contributed by atoms with E-state index in [1.165, 1.54) is 11.3 Å². The van der Waals surface area contributed by atoms with Gasteiger partial charge in [-0.05, 0) is 50.9 Å². The first-order valence-electron chi connectivity index (χ1n) is 11.6. The Morgan fingerprint density at radius 3 is 2.80 bits per heavy atom. The van der Waals surface area contributed by atoms with Gasteiger partial charge in [-0.1, -0.05) is 0 Å². The summed E-state index contributed by atoms with van der Waals surface area (Å²) in [5, 5.41) is 23.4. The average molecular weight is 493 g/mol. The van der Waals surface area contributed by atoms with E-state index in [1.54, 1.807) is 16.8 Å². The van der Waals surface area contributed by atoms with Gasteiger partial charge in [0, 0.05) is 28.3 Å². The molecule has 11 nitrogen and oxygen atoms in total. The van der Waals surface area contributed by atoms with E-state index < -0.39 is 5.69 Å². The molecule has 5 N–H and O–H groups in total. The zero-order valence-corrected chi connectivity index (χ0v) is 19.6. The molecular formula is C23H24N8O3S. The molecule has 0 atom stereocenters. The third-order valence-corrected chi connectivity index (χ3v) is 7.10. The number of rotatable bonds is 5. The number of amides is 1. The molecule has 0 spiro atoms. The van der Waals surface area contributed by atoms with E-state index in [1.807, 2.05) is 17.5 Å². The van der Waals surface area contributed by atoms with Crippen LogP contribution in [0.1, 0.15) is 41.0 Å². The Hall–Kier alpha value is -3.77. The van der Waals surface area contributed by atoms with Crippen LogP contribution in [-0.2, 0) is 0 Å². The number of nitrogens with one attached hydrogen (secondary N) is 4. The number of H-pyrrole nitrogens is 2. The number of thiophene rings is 1. The van der Waals surface area contributed by atoms with Crippen LogP contribution in [-0.4, -0.2) is 60.8 Å². The van der Waals surface area contributed by atoms with Gasteiger partial charge in [-0.15, -0.1) is 11.3 Å². The summed E-state index contributed by atoms with van der Waals surface area (Å²) in [4.78, 5) is 39.4. The molecule has 35 heavy (non-hydrogen) atoms. The summed E-state index contributed by atoms with van der Waals surface area (Å²) in [6.45, 7) is 1.83. The number of fused-ring (bicyclic) bond motifs is 1. The normalized spacial score (nSPS) is 17.9. The van der Waals surface area contributed by atoms with Crippen molar-refractivity contribution < 1.29 is 9.90 Å². The van der Waals surface area contributed by atoms with E-state index in [4.69, 9.17) is 9.98 Å². The quantitative estimate of drug-likeness (QED) is 0.270. The molecule has 0 bridgehead atoms. The molecule has 2 fully saturated rings. The highest BCUT2D eigenvalue weighted by molar-refractivity contribution is 7.12. The lowest BCUT2D eigenvalue weighted by Crippen LogP contribution is -2.42. The van der Waals surface area contributed by atoms with Crippen LogP contribution in [0, 0.1) is 0 Å². The van der Waals surface area contributed by atoms with E-state index in [0.29, 0.717) is 26.9 Å². The van der Waals surface area contributed by atoms with Gasteiger partial charge in [0.1, 0.15) is 5.69 Å². The highest BCUT2D eigenvalue weighted by Crippen LogP contribution is 2.25. The molecule has 6 rings (SSSR count). The molecule has 0 unspecified atom stereocenters. The highest BCUT2D eigenvalue weighted by Gasteiger charge is 2.21.